The lowest BCUT2D eigenvalue weighted by atomic mass is 10.2. The molecule has 0 aliphatic rings. The number of hydrogen-bond donors (Lipinski definition) is 0. The van der Waals surface area contributed by atoms with Crippen LogP contribution in [0.5, 0.6) is 0 Å². The number of rotatable bonds is 6. The summed E-state index contributed by atoms with van der Waals surface area (Å²) in [5.41, 5.74) is 1.10. The van der Waals surface area contributed by atoms with E-state index in [0.717, 1.165) is 18.5 Å². The maximum atomic E-state index is 11.8. The predicted molar refractivity (Wildman–Crippen MR) is 70.2 cm³/mol. The van der Waals surface area contributed by atoms with Gasteiger partial charge in [0.25, 0.3) is 0 Å². The molecule has 0 unspecified atom stereocenters. The molecule has 0 saturated heterocycles. The Hall–Kier alpha value is -1.81. The van der Waals surface area contributed by atoms with Crippen molar-refractivity contribution in [2.24, 2.45) is 0 Å². The van der Waals surface area contributed by atoms with E-state index in [0.29, 0.717) is 13.3 Å². The first-order valence-electron chi connectivity index (χ1n) is 6.18. The van der Waals surface area contributed by atoms with Crippen LogP contribution in [-0.4, -0.2) is 9.13 Å². The van der Waals surface area contributed by atoms with Crippen molar-refractivity contribution in [2.45, 2.75) is 33.2 Å². The maximum Gasteiger partial charge on any atom is 0.330 e. The van der Waals surface area contributed by atoms with E-state index in [2.05, 4.69) is 6.92 Å². The summed E-state index contributed by atoms with van der Waals surface area (Å²) in [6, 6.07) is 9.93. The molecule has 0 amide bonds. The molecule has 0 bridgehead atoms. The highest BCUT2D eigenvalue weighted by Crippen LogP contribution is 2.01. The van der Waals surface area contributed by atoms with Gasteiger partial charge >= 0.3 is 5.69 Å². The molecule has 0 N–H and O–H groups in total. The largest absolute Gasteiger partial charge is 0.356 e. The van der Waals surface area contributed by atoms with E-state index >= 15 is 0 Å². The second-order valence-corrected chi connectivity index (χ2v) is 4.21. The lowest BCUT2D eigenvalue weighted by Crippen LogP contribution is -2.24. The Morgan fingerprint density at radius 2 is 1.83 bits per heavy atom. The summed E-state index contributed by atoms with van der Waals surface area (Å²) in [4.78, 5) is 11.8. The van der Waals surface area contributed by atoms with Crippen LogP contribution in [0.1, 0.15) is 18.9 Å². The summed E-state index contributed by atoms with van der Waals surface area (Å²) in [7, 11) is 0. The van der Waals surface area contributed by atoms with Gasteiger partial charge in [-0.15, -0.1) is 0 Å². The normalized spacial score (nSPS) is 10.7. The van der Waals surface area contributed by atoms with E-state index in [4.69, 9.17) is 4.74 Å². The van der Waals surface area contributed by atoms with E-state index < -0.39 is 0 Å². The van der Waals surface area contributed by atoms with E-state index in [9.17, 15) is 4.79 Å². The molecule has 1 aromatic carbocycles. The molecular weight excluding hydrogens is 228 g/mol. The van der Waals surface area contributed by atoms with Crippen LogP contribution < -0.4 is 5.69 Å². The van der Waals surface area contributed by atoms with Crippen molar-refractivity contribution < 1.29 is 4.74 Å². The SMILES string of the molecule is CCCn1ccn(COCc2ccccc2)c1=O. The van der Waals surface area contributed by atoms with Gasteiger partial charge < -0.3 is 4.74 Å². The van der Waals surface area contributed by atoms with Gasteiger partial charge in [-0.1, -0.05) is 37.3 Å². The van der Waals surface area contributed by atoms with Gasteiger partial charge in [0.1, 0.15) is 6.73 Å². The van der Waals surface area contributed by atoms with Crippen molar-refractivity contribution in [1.82, 2.24) is 9.13 Å². The molecule has 18 heavy (non-hydrogen) atoms. The fourth-order valence-electron chi connectivity index (χ4n) is 1.80. The zero-order valence-electron chi connectivity index (χ0n) is 10.6. The van der Waals surface area contributed by atoms with Gasteiger partial charge in [-0.3, -0.25) is 9.13 Å². The van der Waals surface area contributed by atoms with Gasteiger partial charge in [-0.2, -0.15) is 0 Å². The van der Waals surface area contributed by atoms with Gasteiger partial charge in [-0.05, 0) is 12.0 Å². The molecule has 4 nitrogen and oxygen atoms in total. The molecule has 0 radical (unpaired) electrons. The van der Waals surface area contributed by atoms with Crippen molar-refractivity contribution in [3.05, 3.63) is 58.8 Å². The van der Waals surface area contributed by atoms with Crippen LogP contribution in [0.4, 0.5) is 0 Å². The van der Waals surface area contributed by atoms with Gasteiger partial charge in [0.2, 0.25) is 0 Å². The first-order valence-corrected chi connectivity index (χ1v) is 6.18. The quantitative estimate of drug-likeness (QED) is 0.783. The number of aromatic nitrogens is 2. The highest BCUT2D eigenvalue weighted by atomic mass is 16.5. The minimum Gasteiger partial charge on any atom is -0.356 e. The Kier molecular flexibility index (Phi) is 4.36. The monoisotopic (exact) mass is 246 g/mol. The first kappa shape index (κ1) is 12.6. The topological polar surface area (TPSA) is 36.2 Å². The van der Waals surface area contributed by atoms with Crippen molar-refractivity contribution in [1.29, 1.82) is 0 Å². The molecule has 0 spiro atoms. The standard InChI is InChI=1S/C14H18N2O2/c1-2-8-15-9-10-16(14(15)17)12-18-11-13-6-4-3-5-7-13/h3-7,9-10H,2,8,11-12H2,1H3. The summed E-state index contributed by atoms with van der Waals surface area (Å²) in [5, 5.41) is 0. The molecule has 1 aromatic heterocycles. The Morgan fingerprint density at radius 3 is 2.56 bits per heavy atom. The number of ether oxygens (including phenoxy) is 1. The fraction of sp³-hybridized carbons (Fsp3) is 0.357. The van der Waals surface area contributed by atoms with Gasteiger partial charge in [0, 0.05) is 18.9 Å². The van der Waals surface area contributed by atoms with Crippen LogP contribution >= 0.6 is 0 Å². The number of nitrogens with zero attached hydrogens (tertiary/aromatic N) is 2. The fourth-order valence-corrected chi connectivity index (χ4v) is 1.80. The number of imidazole rings is 1. The van der Waals surface area contributed by atoms with Crippen LogP contribution in [-0.2, 0) is 24.6 Å². The highest BCUT2D eigenvalue weighted by molar-refractivity contribution is 5.13. The Balaban J connectivity index is 1.89. The van der Waals surface area contributed by atoms with E-state index in [1.807, 2.05) is 30.3 Å². The maximum absolute atomic E-state index is 11.8. The van der Waals surface area contributed by atoms with Crippen molar-refractivity contribution in [3.63, 3.8) is 0 Å². The average molecular weight is 246 g/mol. The third kappa shape index (κ3) is 3.11. The first-order chi connectivity index (χ1) is 8.81. The molecule has 2 aromatic rings. The molecule has 0 saturated carbocycles. The van der Waals surface area contributed by atoms with Gasteiger partial charge in [0.05, 0.1) is 6.61 Å². The summed E-state index contributed by atoms with van der Waals surface area (Å²) in [6.45, 7) is 3.62. The molecular formula is C14H18N2O2. The van der Waals surface area contributed by atoms with E-state index in [-0.39, 0.29) is 5.69 Å². The second kappa shape index (κ2) is 6.21. The third-order valence-corrected chi connectivity index (χ3v) is 2.72. The van der Waals surface area contributed by atoms with Crippen LogP contribution in [0.25, 0.3) is 0 Å². The van der Waals surface area contributed by atoms with Crippen molar-refractivity contribution in [3.8, 4) is 0 Å². The lowest BCUT2D eigenvalue weighted by Gasteiger charge is -2.04. The predicted octanol–water partition coefficient (Wildman–Crippen LogP) is 2.23. The molecule has 0 atom stereocenters. The third-order valence-electron chi connectivity index (χ3n) is 2.72. The van der Waals surface area contributed by atoms with Crippen molar-refractivity contribution in [2.75, 3.05) is 0 Å². The van der Waals surface area contributed by atoms with Crippen LogP contribution in [0.15, 0.2) is 47.5 Å². The molecule has 2 rings (SSSR count). The van der Waals surface area contributed by atoms with E-state index in [1.165, 1.54) is 0 Å². The number of benzene rings is 1. The van der Waals surface area contributed by atoms with Gasteiger partial charge in [-0.25, -0.2) is 4.79 Å². The molecule has 0 fully saturated rings. The number of hydrogen-bond acceptors (Lipinski definition) is 2. The smallest absolute Gasteiger partial charge is 0.330 e. The molecule has 96 valence electrons. The second-order valence-electron chi connectivity index (χ2n) is 4.21. The van der Waals surface area contributed by atoms with Crippen LogP contribution in [0.3, 0.4) is 0 Å². The Bertz CT molecular complexity index is 528. The van der Waals surface area contributed by atoms with Gasteiger partial charge in [0.15, 0.2) is 0 Å². The lowest BCUT2D eigenvalue weighted by molar-refractivity contribution is 0.0615. The molecule has 1 heterocycles. The van der Waals surface area contributed by atoms with Crippen molar-refractivity contribution >= 4 is 0 Å². The summed E-state index contributed by atoms with van der Waals surface area (Å²) < 4.78 is 8.81. The number of aryl methyl sites for hydroxylation is 1. The summed E-state index contributed by atoms with van der Waals surface area (Å²) in [6.07, 6.45) is 4.52. The average Bonchev–Trinajstić information content (AvgIpc) is 2.73. The molecule has 0 aliphatic heterocycles. The zero-order valence-corrected chi connectivity index (χ0v) is 10.6. The molecule has 4 heteroatoms. The minimum atomic E-state index is -0.00934. The molecule has 0 aliphatic carbocycles. The van der Waals surface area contributed by atoms with E-state index in [1.54, 1.807) is 21.5 Å². The van der Waals surface area contributed by atoms with Crippen LogP contribution in [0, 0.1) is 0 Å². The Labute approximate surface area is 106 Å². The zero-order chi connectivity index (χ0) is 12.8. The summed E-state index contributed by atoms with van der Waals surface area (Å²) >= 11 is 0. The van der Waals surface area contributed by atoms with Crippen LogP contribution in [0.2, 0.25) is 0 Å². The highest BCUT2D eigenvalue weighted by Gasteiger charge is 2.01. The minimum absolute atomic E-state index is 0.00934. The Morgan fingerprint density at radius 1 is 1.11 bits per heavy atom. The summed E-state index contributed by atoms with van der Waals surface area (Å²) in [5.74, 6) is 0.